The summed E-state index contributed by atoms with van der Waals surface area (Å²) >= 11 is 0. The summed E-state index contributed by atoms with van der Waals surface area (Å²) in [5, 5.41) is 0. The molecule has 4 heteroatoms. The zero-order chi connectivity index (χ0) is 10.6. The average molecular weight is 198 g/mol. The SMILES string of the molecule is B[C@@H]1OCC(OC)C1C(=C)CCOC. The van der Waals surface area contributed by atoms with E-state index in [0.717, 1.165) is 13.0 Å². The number of hydrogen-bond donors (Lipinski definition) is 0. The number of ether oxygens (including phenoxy) is 3. The molecule has 1 fully saturated rings. The van der Waals surface area contributed by atoms with Gasteiger partial charge in [0.1, 0.15) is 7.85 Å². The summed E-state index contributed by atoms with van der Waals surface area (Å²) in [5.74, 6) is 0.315. The van der Waals surface area contributed by atoms with E-state index in [2.05, 4.69) is 14.4 Å². The fourth-order valence-corrected chi connectivity index (χ4v) is 1.97. The lowest BCUT2D eigenvalue weighted by Gasteiger charge is -2.22. The van der Waals surface area contributed by atoms with Crippen molar-refractivity contribution < 1.29 is 14.2 Å². The van der Waals surface area contributed by atoms with Crippen LogP contribution in [-0.4, -0.2) is 47.4 Å². The van der Waals surface area contributed by atoms with Crippen LogP contribution in [0.3, 0.4) is 0 Å². The van der Waals surface area contributed by atoms with Crippen LogP contribution in [0.4, 0.5) is 0 Å². The third-order valence-electron chi connectivity index (χ3n) is 2.83. The molecular formula is C10H19BO3. The highest BCUT2D eigenvalue weighted by Gasteiger charge is 2.35. The molecule has 1 aliphatic heterocycles. The van der Waals surface area contributed by atoms with E-state index in [0.29, 0.717) is 12.5 Å². The minimum absolute atomic E-state index is 0.161. The van der Waals surface area contributed by atoms with Crippen LogP contribution in [0.1, 0.15) is 6.42 Å². The molecule has 0 spiro atoms. The molecule has 80 valence electrons. The fourth-order valence-electron chi connectivity index (χ4n) is 1.97. The van der Waals surface area contributed by atoms with E-state index in [1.54, 1.807) is 14.2 Å². The summed E-state index contributed by atoms with van der Waals surface area (Å²) in [6, 6.07) is 0.212. The van der Waals surface area contributed by atoms with Crippen LogP contribution < -0.4 is 0 Å². The summed E-state index contributed by atoms with van der Waals surface area (Å²) in [5.41, 5.74) is 1.17. The molecule has 0 aliphatic carbocycles. The van der Waals surface area contributed by atoms with Crippen molar-refractivity contribution in [1.29, 1.82) is 0 Å². The molecule has 2 unspecified atom stereocenters. The number of rotatable bonds is 5. The van der Waals surface area contributed by atoms with E-state index in [9.17, 15) is 0 Å². The van der Waals surface area contributed by atoms with Crippen molar-refractivity contribution in [3.05, 3.63) is 12.2 Å². The predicted octanol–water partition coefficient (Wildman–Crippen LogP) is 0.200. The molecule has 0 radical (unpaired) electrons. The Bertz CT molecular complexity index is 196. The fraction of sp³-hybridized carbons (Fsp3) is 0.800. The molecule has 0 aromatic carbocycles. The second-order valence-electron chi connectivity index (χ2n) is 3.74. The van der Waals surface area contributed by atoms with Gasteiger partial charge in [-0.05, 0) is 6.42 Å². The summed E-state index contributed by atoms with van der Waals surface area (Å²) in [6.07, 6.45) is 1.05. The van der Waals surface area contributed by atoms with Gasteiger partial charge in [0.25, 0.3) is 0 Å². The Morgan fingerprint density at radius 1 is 1.57 bits per heavy atom. The molecule has 0 amide bonds. The Morgan fingerprint density at radius 3 is 2.86 bits per heavy atom. The molecule has 0 bridgehead atoms. The van der Waals surface area contributed by atoms with Crippen molar-refractivity contribution >= 4 is 7.85 Å². The van der Waals surface area contributed by atoms with E-state index in [1.807, 2.05) is 0 Å². The van der Waals surface area contributed by atoms with Crippen molar-refractivity contribution in [1.82, 2.24) is 0 Å². The quantitative estimate of drug-likeness (QED) is 0.466. The molecule has 1 heterocycles. The van der Waals surface area contributed by atoms with Crippen molar-refractivity contribution in [2.24, 2.45) is 5.92 Å². The molecule has 3 atom stereocenters. The van der Waals surface area contributed by atoms with Crippen LogP contribution >= 0.6 is 0 Å². The summed E-state index contributed by atoms with van der Waals surface area (Å²) in [6.45, 7) is 5.48. The van der Waals surface area contributed by atoms with E-state index < -0.39 is 0 Å². The second-order valence-corrected chi connectivity index (χ2v) is 3.74. The van der Waals surface area contributed by atoms with Crippen molar-refractivity contribution in [2.45, 2.75) is 18.5 Å². The molecule has 0 aromatic heterocycles. The van der Waals surface area contributed by atoms with Gasteiger partial charge in [-0.2, -0.15) is 0 Å². The van der Waals surface area contributed by atoms with Gasteiger partial charge in [0.05, 0.1) is 12.7 Å². The minimum Gasteiger partial charge on any atom is -0.384 e. The van der Waals surface area contributed by atoms with Crippen LogP contribution in [0.2, 0.25) is 0 Å². The highest BCUT2D eigenvalue weighted by atomic mass is 16.5. The van der Waals surface area contributed by atoms with Gasteiger partial charge < -0.3 is 14.2 Å². The lowest BCUT2D eigenvalue weighted by atomic mass is 9.80. The molecule has 1 saturated heterocycles. The van der Waals surface area contributed by atoms with Crippen LogP contribution in [0.25, 0.3) is 0 Å². The Morgan fingerprint density at radius 2 is 2.29 bits per heavy atom. The molecular weight excluding hydrogens is 179 g/mol. The first-order valence-electron chi connectivity index (χ1n) is 5.01. The first kappa shape index (κ1) is 11.8. The van der Waals surface area contributed by atoms with Crippen LogP contribution in [-0.2, 0) is 14.2 Å². The zero-order valence-corrected chi connectivity index (χ0v) is 9.29. The Labute approximate surface area is 86.8 Å². The van der Waals surface area contributed by atoms with Crippen LogP contribution in [0, 0.1) is 5.92 Å². The molecule has 1 aliphatic rings. The summed E-state index contributed by atoms with van der Waals surface area (Å²) in [4.78, 5) is 0. The molecule has 1 rings (SSSR count). The summed E-state index contributed by atoms with van der Waals surface area (Å²) in [7, 11) is 5.50. The van der Waals surface area contributed by atoms with E-state index in [1.165, 1.54) is 5.57 Å². The van der Waals surface area contributed by atoms with Gasteiger partial charge >= 0.3 is 0 Å². The van der Waals surface area contributed by atoms with Gasteiger partial charge in [-0.3, -0.25) is 0 Å². The maximum atomic E-state index is 5.54. The van der Waals surface area contributed by atoms with Crippen LogP contribution in [0.5, 0.6) is 0 Å². The maximum absolute atomic E-state index is 5.54. The normalized spacial score (nSPS) is 32.0. The maximum Gasteiger partial charge on any atom is 0.140 e. The van der Waals surface area contributed by atoms with Crippen LogP contribution in [0.15, 0.2) is 12.2 Å². The van der Waals surface area contributed by atoms with Gasteiger partial charge in [-0.15, -0.1) is 0 Å². The van der Waals surface area contributed by atoms with E-state index in [4.69, 9.17) is 14.2 Å². The molecule has 3 nitrogen and oxygen atoms in total. The van der Waals surface area contributed by atoms with E-state index in [-0.39, 0.29) is 12.1 Å². The van der Waals surface area contributed by atoms with Gasteiger partial charge in [-0.25, -0.2) is 0 Å². The molecule has 14 heavy (non-hydrogen) atoms. The van der Waals surface area contributed by atoms with Gasteiger partial charge in [-0.1, -0.05) is 12.2 Å². The van der Waals surface area contributed by atoms with Gasteiger partial charge in [0.2, 0.25) is 0 Å². The lowest BCUT2D eigenvalue weighted by Crippen LogP contribution is -2.28. The number of methoxy groups -OCH3 is 2. The molecule has 0 saturated carbocycles. The smallest absolute Gasteiger partial charge is 0.140 e. The Balaban J connectivity index is 2.50. The van der Waals surface area contributed by atoms with Gasteiger partial charge in [0.15, 0.2) is 0 Å². The first-order valence-corrected chi connectivity index (χ1v) is 5.01. The van der Waals surface area contributed by atoms with Crippen molar-refractivity contribution in [2.75, 3.05) is 27.4 Å². The first-order chi connectivity index (χ1) is 6.70. The molecule has 0 aromatic rings. The van der Waals surface area contributed by atoms with Crippen molar-refractivity contribution in [3.8, 4) is 0 Å². The molecule has 0 N–H and O–H groups in total. The van der Waals surface area contributed by atoms with E-state index >= 15 is 0 Å². The van der Waals surface area contributed by atoms with Gasteiger partial charge in [0, 0.05) is 32.7 Å². The number of hydrogen-bond acceptors (Lipinski definition) is 3. The predicted molar refractivity (Wildman–Crippen MR) is 58.2 cm³/mol. The largest absolute Gasteiger partial charge is 0.384 e. The average Bonchev–Trinajstić information content (AvgIpc) is 2.56. The topological polar surface area (TPSA) is 27.7 Å². The monoisotopic (exact) mass is 198 g/mol. The Kier molecular flexibility index (Phi) is 4.65. The lowest BCUT2D eigenvalue weighted by molar-refractivity contribution is 0.0702. The highest BCUT2D eigenvalue weighted by molar-refractivity contribution is 6.11. The van der Waals surface area contributed by atoms with Crippen molar-refractivity contribution in [3.63, 3.8) is 0 Å². The summed E-state index contributed by atoms with van der Waals surface area (Å²) < 4.78 is 15.9. The Hall–Kier alpha value is -0.315. The third kappa shape index (κ3) is 2.59. The zero-order valence-electron chi connectivity index (χ0n) is 9.29. The standard InChI is InChI=1S/C10H19BO3/c1-7(4-5-12-2)9-8(13-3)6-14-10(9)11/h8-10H,1,4-6,11H2,2-3H3/t8?,9?,10-/m1/s1. The minimum atomic E-state index is 0.161. The second kappa shape index (κ2) is 5.54. The third-order valence-corrected chi connectivity index (χ3v) is 2.83. The highest BCUT2D eigenvalue weighted by Crippen LogP contribution is 2.29.